The third-order valence-electron chi connectivity index (χ3n) is 3.20. The predicted octanol–water partition coefficient (Wildman–Crippen LogP) is 5.02. The van der Waals surface area contributed by atoms with E-state index in [1.54, 1.807) is 25.1 Å². The van der Waals surface area contributed by atoms with Crippen molar-refractivity contribution in [2.45, 2.75) is 26.9 Å². The lowest BCUT2D eigenvalue weighted by molar-refractivity contribution is -0.122. The van der Waals surface area contributed by atoms with Crippen LogP contribution in [-0.2, 0) is 4.79 Å². The van der Waals surface area contributed by atoms with Crippen LogP contribution in [0.15, 0.2) is 36.4 Å². The zero-order chi connectivity index (χ0) is 16.3. The topological polar surface area (TPSA) is 38.3 Å². The third kappa shape index (κ3) is 4.15. The molecule has 3 nitrogen and oxygen atoms in total. The average molecular weight is 338 g/mol. The van der Waals surface area contributed by atoms with Gasteiger partial charge in [-0.15, -0.1) is 0 Å². The molecule has 0 saturated carbocycles. The zero-order valence-electron chi connectivity index (χ0n) is 12.6. The van der Waals surface area contributed by atoms with Crippen LogP contribution in [0.4, 0.5) is 5.69 Å². The summed E-state index contributed by atoms with van der Waals surface area (Å²) < 4.78 is 5.74. The van der Waals surface area contributed by atoms with E-state index in [9.17, 15) is 4.79 Å². The van der Waals surface area contributed by atoms with E-state index in [0.29, 0.717) is 21.5 Å². The molecule has 0 spiro atoms. The van der Waals surface area contributed by atoms with E-state index in [4.69, 9.17) is 27.9 Å². The van der Waals surface area contributed by atoms with Crippen LogP contribution < -0.4 is 10.1 Å². The lowest BCUT2D eigenvalue weighted by Crippen LogP contribution is -2.30. The van der Waals surface area contributed by atoms with Crippen molar-refractivity contribution in [1.82, 2.24) is 0 Å². The van der Waals surface area contributed by atoms with E-state index in [0.717, 1.165) is 11.1 Å². The molecule has 2 rings (SSSR count). The van der Waals surface area contributed by atoms with Gasteiger partial charge in [0, 0.05) is 5.69 Å². The maximum atomic E-state index is 12.2. The van der Waals surface area contributed by atoms with Gasteiger partial charge in [0.25, 0.3) is 5.91 Å². The van der Waals surface area contributed by atoms with Gasteiger partial charge in [0.2, 0.25) is 0 Å². The maximum Gasteiger partial charge on any atom is 0.265 e. The molecule has 116 valence electrons. The minimum absolute atomic E-state index is 0.251. The number of aryl methyl sites for hydroxylation is 2. The Morgan fingerprint density at radius 2 is 1.82 bits per heavy atom. The largest absolute Gasteiger partial charge is 0.481 e. The molecule has 0 bridgehead atoms. The van der Waals surface area contributed by atoms with Gasteiger partial charge in [-0.05, 0) is 56.2 Å². The molecule has 0 aliphatic rings. The van der Waals surface area contributed by atoms with Crippen molar-refractivity contribution in [1.29, 1.82) is 0 Å². The monoisotopic (exact) mass is 337 g/mol. The first-order valence-electron chi connectivity index (χ1n) is 6.86. The number of hydrogen-bond acceptors (Lipinski definition) is 2. The number of carbonyl (C=O) groups excluding carboxylic acids is 1. The van der Waals surface area contributed by atoms with Gasteiger partial charge in [0.05, 0.1) is 10.0 Å². The first-order chi connectivity index (χ1) is 10.4. The molecule has 2 aromatic rings. The molecular weight excluding hydrogens is 321 g/mol. The molecule has 0 aliphatic heterocycles. The highest BCUT2D eigenvalue weighted by Crippen LogP contribution is 2.25. The Hall–Kier alpha value is -1.71. The fourth-order valence-corrected chi connectivity index (χ4v) is 2.19. The van der Waals surface area contributed by atoms with Crippen LogP contribution in [0.5, 0.6) is 5.75 Å². The first kappa shape index (κ1) is 16.7. The Bertz CT molecular complexity index is 701. The number of halogens is 2. The Labute approximate surface area is 140 Å². The number of nitrogens with one attached hydrogen (secondary N) is 1. The molecule has 0 aromatic heterocycles. The minimum atomic E-state index is -0.630. The van der Waals surface area contributed by atoms with E-state index >= 15 is 0 Å². The van der Waals surface area contributed by atoms with Gasteiger partial charge in [0.15, 0.2) is 6.10 Å². The molecule has 0 radical (unpaired) electrons. The fourth-order valence-electron chi connectivity index (χ4n) is 1.90. The van der Waals surface area contributed by atoms with Gasteiger partial charge in [-0.2, -0.15) is 0 Å². The first-order valence-corrected chi connectivity index (χ1v) is 7.62. The molecule has 1 amide bonds. The van der Waals surface area contributed by atoms with Gasteiger partial charge in [-0.1, -0.05) is 35.3 Å². The number of benzene rings is 2. The molecule has 1 atom stereocenters. The quantitative estimate of drug-likeness (QED) is 0.850. The smallest absolute Gasteiger partial charge is 0.265 e. The van der Waals surface area contributed by atoms with E-state index in [1.165, 1.54) is 0 Å². The fraction of sp³-hybridized carbons (Fsp3) is 0.235. The lowest BCUT2D eigenvalue weighted by atomic mass is 10.1. The average Bonchev–Trinajstić information content (AvgIpc) is 2.46. The van der Waals surface area contributed by atoms with Crippen molar-refractivity contribution in [2.24, 2.45) is 0 Å². The summed E-state index contributed by atoms with van der Waals surface area (Å²) >= 11 is 11.8. The van der Waals surface area contributed by atoms with Crippen molar-refractivity contribution in [3.05, 3.63) is 57.6 Å². The van der Waals surface area contributed by atoms with Gasteiger partial charge in [0.1, 0.15) is 5.75 Å². The second-order valence-electron chi connectivity index (χ2n) is 5.15. The summed E-state index contributed by atoms with van der Waals surface area (Å²) in [7, 11) is 0. The Morgan fingerprint density at radius 3 is 2.50 bits per heavy atom. The molecule has 0 heterocycles. The van der Waals surface area contributed by atoms with Crippen LogP contribution in [0, 0.1) is 13.8 Å². The minimum Gasteiger partial charge on any atom is -0.481 e. The van der Waals surface area contributed by atoms with Crippen LogP contribution in [-0.4, -0.2) is 12.0 Å². The standard InChI is InChI=1S/C17H17Cl2NO2/c1-10-4-5-11(2)16(8-10)22-12(3)17(21)20-13-6-7-14(18)15(19)9-13/h4-9,12H,1-3H3,(H,20,21)/t12-/m1/s1. The second kappa shape index (κ2) is 7.03. The molecule has 0 fully saturated rings. The number of amides is 1. The normalized spacial score (nSPS) is 11.9. The summed E-state index contributed by atoms with van der Waals surface area (Å²) in [6, 6.07) is 10.8. The van der Waals surface area contributed by atoms with E-state index in [2.05, 4.69) is 5.32 Å². The van der Waals surface area contributed by atoms with Crippen molar-refractivity contribution in [3.8, 4) is 5.75 Å². The molecule has 0 saturated heterocycles. The van der Waals surface area contributed by atoms with Crippen molar-refractivity contribution in [2.75, 3.05) is 5.32 Å². The van der Waals surface area contributed by atoms with E-state index in [-0.39, 0.29) is 5.91 Å². The summed E-state index contributed by atoms with van der Waals surface area (Å²) in [4.78, 5) is 12.2. The van der Waals surface area contributed by atoms with Crippen LogP contribution in [0.2, 0.25) is 10.0 Å². The molecule has 0 unspecified atom stereocenters. The van der Waals surface area contributed by atoms with Crippen molar-refractivity contribution in [3.63, 3.8) is 0 Å². The Balaban J connectivity index is 2.05. The van der Waals surface area contributed by atoms with Crippen LogP contribution in [0.3, 0.4) is 0 Å². The number of anilines is 1. The molecule has 5 heteroatoms. The van der Waals surface area contributed by atoms with Crippen LogP contribution in [0.1, 0.15) is 18.1 Å². The number of rotatable bonds is 4. The highest BCUT2D eigenvalue weighted by molar-refractivity contribution is 6.42. The van der Waals surface area contributed by atoms with Gasteiger partial charge in [-0.25, -0.2) is 0 Å². The molecule has 2 aromatic carbocycles. The molecule has 0 aliphatic carbocycles. The molecular formula is C17H17Cl2NO2. The highest BCUT2D eigenvalue weighted by atomic mass is 35.5. The van der Waals surface area contributed by atoms with E-state index < -0.39 is 6.10 Å². The second-order valence-corrected chi connectivity index (χ2v) is 5.96. The summed E-state index contributed by atoms with van der Waals surface area (Å²) in [6.45, 7) is 5.62. The summed E-state index contributed by atoms with van der Waals surface area (Å²) in [5.74, 6) is 0.455. The predicted molar refractivity (Wildman–Crippen MR) is 91.1 cm³/mol. The van der Waals surface area contributed by atoms with Gasteiger partial charge < -0.3 is 10.1 Å². The summed E-state index contributed by atoms with van der Waals surface area (Å²) in [5, 5.41) is 3.59. The lowest BCUT2D eigenvalue weighted by Gasteiger charge is -2.17. The maximum absolute atomic E-state index is 12.2. The van der Waals surface area contributed by atoms with Crippen molar-refractivity contribution < 1.29 is 9.53 Å². The summed E-state index contributed by atoms with van der Waals surface area (Å²) in [6.07, 6.45) is -0.630. The summed E-state index contributed by atoms with van der Waals surface area (Å²) in [5.41, 5.74) is 2.65. The molecule has 1 N–H and O–H groups in total. The van der Waals surface area contributed by atoms with Gasteiger partial charge in [-0.3, -0.25) is 4.79 Å². The highest BCUT2D eigenvalue weighted by Gasteiger charge is 2.16. The van der Waals surface area contributed by atoms with Crippen LogP contribution in [0.25, 0.3) is 0 Å². The number of hydrogen-bond donors (Lipinski definition) is 1. The van der Waals surface area contributed by atoms with Gasteiger partial charge >= 0.3 is 0 Å². The SMILES string of the molecule is Cc1ccc(C)c(O[C@H](C)C(=O)Nc2ccc(Cl)c(Cl)c2)c1. The van der Waals surface area contributed by atoms with Crippen LogP contribution >= 0.6 is 23.2 Å². The third-order valence-corrected chi connectivity index (χ3v) is 3.94. The Kier molecular flexibility index (Phi) is 5.33. The number of ether oxygens (including phenoxy) is 1. The molecule has 22 heavy (non-hydrogen) atoms. The Morgan fingerprint density at radius 1 is 1.09 bits per heavy atom. The zero-order valence-corrected chi connectivity index (χ0v) is 14.1. The van der Waals surface area contributed by atoms with E-state index in [1.807, 2.05) is 32.0 Å². The number of carbonyl (C=O) groups is 1. The van der Waals surface area contributed by atoms with Crippen molar-refractivity contribution >= 4 is 34.8 Å².